The zero-order valence-electron chi connectivity index (χ0n) is 10.5. The van der Waals surface area contributed by atoms with Crippen molar-refractivity contribution in [3.63, 3.8) is 0 Å². The summed E-state index contributed by atoms with van der Waals surface area (Å²) < 4.78 is 26.8. The molecule has 0 radical (unpaired) electrons. The highest BCUT2D eigenvalue weighted by molar-refractivity contribution is 7.93. The third kappa shape index (κ3) is 4.02. The van der Waals surface area contributed by atoms with Gasteiger partial charge in [0, 0.05) is 5.38 Å². The van der Waals surface area contributed by atoms with Crippen molar-refractivity contribution in [2.45, 2.75) is 11.3 Å². The van der Waals surface area contributed by atoms with E-state index in [0.717, 1.165) is 17.4 Å². The molecule has 0 fully saturated rings. The normalized spacial score (nSPS) is 11.4. The van der Waals surface area contributed by atoms with Gasteiger partial charge in [-0.15, -0.1) is 11.3 Å². The summed E-state index contributed by atoms with van der Waals surface area (Å²) in [6.07, 6.45) is -0.300. The summed E-state index contributed by atoms with van der Waals surface area (Å²) in [4.78, 5) is 14.2. The molecule has 0 spiro atoms. The van der Waals surface area contributed by atoms with Crippen LogP contribution in [0.25, 0.3) is 0 Å². The average molecular weight is 402 g/mol. The maximum absolute atomic E-state index is 12.3. The number of rotatable bonds is 5. The third-order valence-corrected chi connectivity index (χ3v) is 5.83. The van der Waals surface area contributed by atoms with Crippen molar-refractivity contribution >= 4 is 67.3 Å². The van der Waals surface area contributed by atoms with E-state index in [4.69, 9.17) is 39.9 Å². The number of aliphatic carboxylic acids is 1. The lowest BCUT2D eigenvalue weighted by atomic mass is 10.3. The van der Waals surface area contributed by atoms with Crippen molar-refractivity contribution in [2.24, 2.45) is 0 Å². The molecule has 1 aromatic heterocycles. The molecule has 0 unspecified atom stereocenters. The van der Waals surface area contributed by atoms with E-state index in [1.54, 1.807) is 0 Å². The molecule has 0 amide bonds. The van der Waals surface area contributed by atoms with Crippen LogP contribution in [0.1, 0.15) is 5.69 Å². The second kappa shape index (κ2) is 6.59. The molecule has 0 bridgehead atoms. The maximum atomic E-state index is 12.3. The topological polar surface area (TPSA) is 96.4 Å². The third-order valence-electron chi connectivity index (χ3n) is 2.37. The molecule has 0 saturated heterocycles. The van der Waals surface area contributed by atoms with Gasteiger partial charge < -0.3 is 5.11 Å². The van der Waals surface area contributed by atoms with Crippen molar-refractivity contribution in [1.29, 1.82) is 0 Å². The molecular formula is C11H7Cl3N2O4S2. The van der Waals surface area contributed by atoms with Gasteiger partial charge in [-0.3, -0.25) is 9.52 Å². The molecule has 0 aliphatic heterocycles. The van der Waals surface area contributed by atoms with Gasteiger partial charge >= 0.3 is 5.97 Å². The van der Waals surface area contributed by atoms with Crippen LogP contribution in [0, 0.1) is 0 Å². The van der Waals surface area contributed by atoms with E-state index in [1.807, 2.05) is 0 Å². The number of benzene rings is 1. The Morgan fingerprint density at radius 2 is 1.86 bits per heavy atom. The highest BCUT2D eigenvalue weighted by atomic mass is 35.5. The number of halogens is 3. The number of carboxylic acids is 1. The number of anilines is 1. The molecule has 1 aromatic carbocycles. The van der Waals surface area contributed by atoms with Crippen molar-refractivity contribution in [2.75, 3.05) is 4.72 Å². The molecule has 2 N–H and O–H groups in total. The highest BCUT2D eigenvalue weighted by Gasteiger charge is 2.21. The predicted octanol–water partition coefficient (Wildman–Crippen LogP) is 3.53. The molecule has 1 heterocycles. The van der Waals surface area contributed by atoms with Crippen LogP contribution in [0.15, 0.2) is 22.4 Å². The van der Waals surface area contributed by atoms with Gasteiger partial charge in [0.05, 0.1) is 27.2 Å². The predicted molar refractivity (Wildman–Crippen MR) is 85.7 cm³/mol. The molecule has 118 valence electrons. The number of carboxylic acid groups (broad SMARTS) is 1. The van der Waals surface area contributed by atoms with Gasteiger partial charge in [-0.2, -0.15) is 0 Å². The first kappa shape index (κ1) is 17.3. The van der Waals surface area contributed by atoms with E-state index in [1.165, 1.54) is 11.4 Å². The van der Waals surface area contributed by atoms with E-state index in [-0.39, 0.29) is 37.2 Å². The van der Waals surface area contributed by atoms with Crippen LogP contribution in [-0.2, 0) is 21.2 Å². The standard InChI is InChI=1S/C11H7Cl3N2O4S2/c12-6-2-8(14)9(3-7(6)13)22(19,20)16-11-15-5(4-21-11)1-10(17)18/h2-4H,1H2,(H,15,16)(H,17,18). The number of aromatic nitrogens is 1. The van der Waals surface area contributed by atoms with Crippen LogP contribution in [0.4, 0.5) is 5.13 Å². The highest BCUT2D eigenvalue weighted by Crippen LogP contribution is 2.32. The number of nitrogens with zero attached hydrogens (tertiary/aromatic N) is 1. The lowest BCUT2D eigenvalue weighted by Crippen LogP contribution is -2.13. The van der Waals surface area contributed by atoms with Crippen molar-refractivity contribution in [1.82, 2.24) is 4.98 Å². The summed E-state index contributed by atoms with van der Waals surface area (Å²) in [6.45, 7) is 0. The van der Waals surface area contributed by atoms with Gasteiger partial charge in [0.15, 0.2) is 5.13 Å². The molecule has 2 rings (SSSR count). The molecule has 0 aliphatic carbocycles. The first-order valence-electron chi connectivity index (χ1n) is 5.52. The number of sulfonamides is 1. The van der Waals surface area contributed by atoms with E-state index >= 15 is 0 Å². The Labute approximate surface area is 144 Å². The molecule has 0 saturated carbocycles. The largest absolute Gasteiger partial charge is 0.481 e. The number of hydrogen-bond acceptors (Lipinski definition) is 5. The van der Waals surface area contributed by atoms with Crippen molar-refractivity contribution in [3.05, 3.63) is 38.3 Å². The van der Waals surface area contributed by atoms with Crippen LogP contribution >= 0.6 is 46.1 Å². The minimum atomic E-state index is -4.02. The SMILES string of the molecule is O=C(O)Cc1csc(NS(=O)(=O)c2cc(Cl)c(Cl)cc2Cl)n1. The Morgan fingerprint density at radius 3 is 2.50 bits per heavy atom. The number of nitrogens with one attached hydrogen (secondary N) is 1. The fourth-order valence-electron chi connectivity index (χ4n) is 1.47. The Bertz CT molecular complexity index is 836. The van der Waals surface area contributed by atoms with Gasteiger partial charge in [0.25, 0.3) is 10.0 Å². The van der Waals surface area contributed by atoms with E-state index in [9.17, 15) is 13.2 Å². The van der Waals surface area contributed by atoms with E-state index in [0.29, 0.717) is 0 Å². The number of carbonyl (C=O) groups is 1. The maximum Gasteiger partial charge on any atom is 0.309 e. The molecule has 11 heteroatoms. The zero-order chi connectivity index (χ0) is 16.5. The van der Waals surface area contributed by atoms with E-state index in [2.05, 4.69) is 9.71 Å². The van der Waals surface area contributed by atoms with Gasteiger partial charge in [-0.1, -0.05) is 34.8 Å². The van der Waals surface area contributed by atoms with Crippen LogP contribution in [-0.4, -0.2) is 24.5 Å². The van der Waals surface area contributed by atoms with Crippen LogP contribution in [0.2, 0.25) is 15.1 Å². The molecular weight excluding hydrogens is 395 g/mol. The molecule has 2 aromatic rings. The Kier molecular flexibility index (Phi) is 5.18. The van der Waals surface area contributed by atoms with E-state index < -0.39 is 16.0 Å². The van der Waals surface area contributed by atoms with Gasteiger partial charge in [0.2, 0.25) is 0 Å². The fraction of sp³-hybridized carbons (Fsp3) is 0.0909. The van der Waals surface area contributed by atoms with Gasteiger partial charge in [-0.25, -0.2) is 13.4 Å². The monoisotopic (exact) mass is 400 g/mol. The second-order valence-corrected chi connectivity index (χ2v) is 7.75. The Balaban J connectivity index is 2.30. The minimum absolute atomic E-state index is 0.0263. The summed E-state index contributed by atoms with van der Waals surface area (Å²) in [6, 6.07) is 2.35. The van der Waals surface area contributed by atoms with Crippen LogP contribution in [0.5, 0.6) is 0 Å². The lowest BCUT2D eigenvalue weighted by molar-refractivity contribution is -0.136. The average Bonchev–Trinajstić information content (AvgIpc) is 2.79. The lowest BCUT2D eigenvalue weighted by Gasteiger charge is -2.08. The van der Waals surface area contributed by atoms with Gasteiger partial charge in [-0.05, 0) is 12.1 Å². The first-order valence-corrected chi connectivity index (χ1v) is 9.02. The van der Waals surface area contributed by atoms with Crippen molar-refractivity contribution < 1.29 is 18.3 Å². The van der Waals surface area contributed by atoms with Crippen LogP contribution < -0.4 is 4.72 Å². The number of hydrogen-bond donors (Lipinski definition) is 2. The zero-order valence-corrected chi connectivity index (χ0v) is 14.4. The Morgan fingerprint density at radius 1 is 1.23 bits per heavy atom. The summed E-state index contributed by atoms with van der Waals surface area (Å²) >= 11 is 18.4. The van der Waals surface area contributed by atoms with Gasteiger partial charge in [0.1, 0.15) is 4.90 Å². The summed E-state index contributed by atoms with van der Waals surface area (Å²) in [5, 5.41) is 10.2. The molecule has 6 nitrogen and oxygen atoms in total. The quantitative estimate of drug-likeness (QED) is 0.747. The molecule has 0 atom stereocenters. The number of thiazole rings is 1. The minimum Gasteiger partial charge on any atom is -0.481 e. The molecule has 0 aliphatic rings. The van der Waals surface area contributed by atoms with Crippen molar-refractivity contribution in [3.8, 4) is 0 Å². The summed E-state index contributed by atoms with van der Waals surface area (Å²) in [7, 11) is -4.02. The van der Waals surface area contributed by atoms with Crippen LogP contribution in [0.3, 0.4) is 0 Å². The summed E-state index contributed by atoms with van der Waals surface area (Å²) in [5.74, 6) is -1.06. The smallest absolute Gasteiger partial charge is 0.309 e. The fourth-order valence-corrected chi connectivity index (χ4v) is 4.44. The Hall–Kier alpha value is -1.06. The second-order valence-electron chi connectivity index (χ2n) is 4.02. The first-order chi connectivity index (χ1) is 10.2. The molecule has 22 heavy (non-hydrogen) atoms. The summed E-state index contributed by atoms with van der Waals surface area (Å²) in [5.41, 5.74) is 0.246.